The Balaban J connectivity index is 2.08. The third-order valence-electron chi connectivity index (χ3n) is 3.55. The van der Waals surface area contributed by atoms with E-state index in [2.05, 4.69) is 0 Å². The Morgan fingerprint density at radius 1 is 1.30 bits per heavy atom. The van der Waals surface area contributed by atoms with Crippen LogP contribution in [-0.4, -0.2) is 16.3 Å². The number of hydrogen-bond donors (Lipinski definition) is 0. The maximum Gasteiger partial charge on any atom is 0.317 e. The molecule has 0 unspecified atom stereocenters. The van der Waals surface area contributed by atoms with Gasteiger partial charge in [0.1, 0.15) is 0 Å². The van der Waals surface area contributed by atoms with Gasteiger partial charge in [0.05, 0.1) is 17.8 Å². The molecule has 0 aliphatic carbocycles. The highest BCUT2D eigenvalue weighted by atomic mass is 35.5. The summed E-state index contributed by atoms with van der Waals surface area (Å²) in [5, 5.41) is 0.585. The maximum atomic E-state index is 12.6. The number of carbonyl (C=O) groups excluding carboxylic acids is 2. The van der Waals surface area contributed by atoms with Crippen LogP contribution in [0.1, 0.15) is 27.3 Å². The van der Waals surface area contributed by atoms with Crippen LogP contribution in [0.25, 0.3) is 0 Å². The van der Waals surface area contributed by atoms with Crippen LogP contribution in [0.15, 0.2) is 24.3 Å². The standard InChI is InChI=1S/C15H12ClNO3/c1-8-13(14(19)9-3-5-10(16)6-4-9)17(2)11-7-12(18)20-15(8)11/h3-6H,7H2,1-2H3. The van der Waals surface area contributed by atoms with Crippen molar-refractivity contribution in [1.29, 1.82) is 0 Å². The molecule has 3 rings (SSSR count). The molecule has 1 aliphatic rings. The summed E-state index contributed by atoms with van der Waals surface area (Å²) < 4.78 is 6.91. The average molecular weight is 290 g/mol. The highest BCUT2D eigenvalue weighted by Crippen LogP contribution is 2.35. The predicted molar refractivity (Wildman–Crippen MR) is 74.4 cm³/mol. The Morgan fingerprint density at radius 3 is 2.55 bits per heavy atom. The number of aromatic nitrogens is 1. The zero-order chi connectivity index (χ0) is 14.4. The molecule has 5 heteroatoms. The second-order valence-electron chi connectivity index (χ2n) is 4.80. The molecule has 20 heavy (non-hydrogen) atoms. The van der Waals surface area contributed by atoms with Crippen molar-refractivity contribution in [3.63, 3.8) is 0 Å². The van der Waals surface area contributed by atoms with Crippen LogP contribution in [0.3, 0.4) is 0 Å². The van der Waals surface area contributed by atoms with Gasteiger partial charge in [-0.1, -0.05) is 11.6 Å². The summed E-state index contributed by atoms with van der Waals surface area (Å²) in [5.74, 6) is 0.140. The molecule has 2 aromatic rings. The molecule has 0 saturated heterocycles. The number of halogens is 1. The summed E-state index contributed by atoms with van der Waals surface area (Å²) in [6, 6.07) is 6.74. The van der Waals surface area contributed by atoms with Crippen LogP contribution < -0.4 is 4.74 Å². The first-order valence-electron chi connectivity index (χ1n) is 6.18. The van der Waals surface area contributed by atoms with E-state index in [1.54, 1.807) is 42.8 Å². The second kappa shape index (κ2) is 4.49. The fraction of sp³-hybridized carbons (Fsp3) is 0.200. The van der Waals surface area contributed by atoms with Gasteiger partial charge in [-0.05, 0) is 31.2 Å². The minimum atomic E-state index is -0.279. The number of carbonyl (C=O) groups is 2. The molecule has 0 saturated carbocycles. The number of rotatable bonds is 2. The van der Waals surface area contributed by atoms with E-state index >= 15 is 0 Å². The Bertz CT molecular complexity index is 697. The zero-order valence-electron chi connectivity index (χ0n) is 11.1. The van der Waals surface area contributed by atoms with Crippen LogP contribution in [-0.2, 0) is 18.3 Å². The van der Waals surface area contributed by atoms with E-state index in [-0.39, 0.29) is 18.2 Å². The third kappa shape index (κ3) is 1.84. The Morgan fingerprint density at radius 2 is 1.95 bits per heavy atom. The van der Waals surface area contributed by atoms with Crippen LogP contribution in [0.5, 0.6) is 5.75 Å². The number of ether oxygens (including phenoxy) is 1. The fourth-order valence-electron chi connectivity index (χ4n) is 2.54. The molecule has 0 amide bonds. The van der Waals surface area contributed by atoms with Gasteiger partial charge in [-0.2, -0.15) is 0 Å². The van der Waals surface area contributed by atoms with Crippen molar-refractivity contribution >= 4 is 23.4 Å². The lowest BCUT2D eigenvalue weighted by molar-refractivity contribution is -0.131. The molecular weight excluding hydrogens is 278 g/mol. The smallest absolute Gasteiger partial charge is 0.317 e. The molecule has 0 N–H and O–H groups in total. The quantitative estimate of drug-likeness (QED) is 0.631. The molecule has 0 spiro atoms. The van der Waals surface area contributed by atoms with Crippen molar-refractivity contribution in [3.05, 3.63) is 51.8 Å². The van der Waals surface area contributed by atoms with Crippen molar-refractivity contribution in [2.24, 2.45) is 7.05 Å². The van der Waals surface area contributed by atoms with Crippen LogP contribution in [0.2, 0.25) is 5.02 Å². The minimum absolute atomic E-state index is 0.105. The van der Waals surface area contributed by atoms with Crippen LogP contribution in [0.4, 0.5) is 0 Å². The van der Waals surface area contributed by atoms with Gasteiger partial charge >= 0.3 is 5.97 Å². The lowest BCUT2D eigenvalue weighted by Crippen LogP contribution is -2.12. The molecule has 1 aromatic carbocycles. The van der Waals surface area contributed by atoms with E-state index in [4.69, 9.17) is 16.3 Å². The lowest BCUT2D eigenvalue weighted by atomic mass is 10.1. The topological polar surface area (TPSA) is 48.3 Å². The van der Waals surface area contributed by atoms with E-state index in [1.165, 1.54) is 0 Å². The minimum Gasteiger partial charge on any atom is -0.424 e. The van der Waals surface area contributed by atoms with Gasteiger partial charge in [-0.3, -0.25) is 9.59 Å². The van der Waals surface area contributed by atoms with Crippen molar-refractivity contribution in [3.8, 4) is 5.75 Å². The predicted octanol–water partition coefficient (Wildman–Crippen LogP) is 2.68. The molecule has 0 bridgehead atoms. The van der Waals surface area contributed by atoms with Crippen LogP contribution in [0, 0.1) is 6.92 Å². The fourth-order valence-corrected chi connectivity index (χ4v) is 2.67. The Hall–Kier alpha value is -2.07. The summed E-state index contributed by atoms with van der Waals surface area (Å²) in [4.78, 5) is 23.9. The first-order chi connectivity index (χ1) is 9.49. The molecule has 0 atom stereocenters. The van der Waals surface area contributed by atoms with Gasteiger partial charge in [0, 0.05) is 23.2 Å². The van der Waals surface area contributed by atoms with E-state index in [1.807, 2.05) is 0 Å². The number of nitrogens with zero attached hydrogens (tertiary/aromatic N) is 1. The monoisotopic (exact) mass is 289 g/mol. The summed E-state index contributed by atoms with van der Waals surface area (Å²) in [6.07, 6.45) is 0.209. The average Bonchev–Trinajstić information content (AvgIpc) is 2.90. The third-order valence-corrected chi connectivity index (χ3v) is 3.80. The van der Waals surface area contributed by atoms with Gasteiger partial charge in [-0.15, -0.1) is 0 Å². The lowest BCUT2D eigenvalue weighted by Gasteiger charge is -2.06. The van der Waals surface area contributed by atoms with Gasteiger partial charge in [-0.25, -0.2) is 0 Å². The summed E-state index contributed by atoms with van der Waals surface area (Å²) >= 11 is 5.83. The number of hydrogen-bond acceptors (Lipinski definition) is 3. The van der Waals surface area contributed by atoms with Crippen molar-refractivity contribution in [2.75, 3.05) is 0 Å². The largest absolute Gasteiger partial charge is 0.424 e. The molecule has 102 valence electrons. The maximum absolute atomic E-state index is 12.6. The molecule has 1 aromatic heterocycles. The van der Waals surface area contributed by atoms with Gasteiger partial charge in [0.25, 0.3) is 0 Å². The summed E-state index contributed by atoms with van der Waals surface area (Å²) in [7, 11) is 1.77. The van der Waals surface area contributed by atoms with Crippen molar-refractivity contribution in [2.45, 2.75) is 13.3 Å². The number of esters is 1. The summed E-state index contributed by atoms with van der Waals surface area (Å²) in [5.41, 5.74) is 2.56. The Kier molecular flexibility index (Phi) is 2.91. The van der Waals surface area contributed by atoms with Gasteiger partial charge in [0.15, 0.2) is 5.75 Å². The van der Waals surface area contributed by atoms with E-state index < -0.39 is 0 Å². The van der Waals surface area contributed by atoms with E-state index in [9.17, 15) is 9.59 Å². The van der Waals surface area contributed by atoms with Gasteiger partial charge < -0.3 is 9.30 Å². The highest BCUT2D eigenvalue weighted by Gasteiger charge is 2.31. The number of benzene rings is 1. The molecule has 0 radical (unpaired) electrons. The Labute approximate surface area is 120 Å². The molecule has 4 nitrogen and oxygen atoms in total. The van der Waals surface area contributed by atoms with E-state index in [0.717, 1.165) is 5.69 Å². The first-order valence-corrected chi connectivity index (χ1v) is 6.56. The molecule has 0 fully saturated rings. The number of ketones is 1. The van der Waals surface area contributed by atoms with Gasteiger partial charge in [0.2, 0.25) is 5.78 Å². The normalized spacial score (nSPS) is 13.2. The molecule has 2 heterocycles. The second-order valence-corrected chi connectivity index (χ2v) is 5.23. The summed E-state index contributed by atoms with van der Waals surface area (Å²) in [6.45, 7) is 1.79. The molecular formula is C15H12ClNO3. The SMILES string of the molecule is Cc1c2c(n(C)c1C(=O)c1ccc(Cl)cc1)CC(=O)O2. The van der Waals surface area contributed by atoms with Crippen LogP contribution >= 0.6 is 11.6 Å². The van der Waals surface area contributed by atoms with Crippen molar-refractivity contribution < 1.29 is 14.3 Å². The number of fused-ring (bicyclic) bond motifs is 1. The highest BCUT2D eigenvalue weighted by molar-refractivity contribution is 6.30. The zero-order valence-corrected chi connectivity index (χ0v) is 11.8. The van der Waals surface area contributed by atoms with Crippen molar-refractivity contribution in [1.82, 2.24) is 4.57 Å². The first kappa shape index (κ1) is 12.9. The van der Waals surface area contributed by atoms with E-state index in [0.29, 0.717) is 27.6 Å². The molecule has 1 aliphatic heterocycles.